The number of nitrogens with zero attached hydrogens (tertiary/aromatic N) is 4. The van der Waals surface area contributed by atoms with Gasteiger partial charge in [0.2, 0.25) is 15.9 Å². The number of nitrogens with one attached hydrogen (secondary N) is 1. The van der Waals surface area contributed by atoms with Crippen LogP contribution >= 0.6 is 0 Å². The lowest BCUT2D eigenvalue weighted by Crippen LogP contribution is -2.25. The lowest BCUT2D eigenvalue weighted by molar-refractivity contribution is 0.400. The Labute approximate surface area is 212 Å². The molecule has 0 spiro atoms. The average Bonchev–Trinajstić information content (AvgIpc) is 3.12. The van der Waals surface area contributed by atoms with Crippen molar-refractivity contribution in [2.75, 3.05) is 18.1 Å². The van der Waals surface area contributed by atoms with Crippen LogP contribution in [0.1, 0.15) is 18.5 Å². The number of sulfonamides is 1. The number of aryl methyl sites for hydroxylation is 1. The molecular formula is C26H24FN5O4S. The molecule has 0 saturated heterocycles. The third-order valence-electron chi connectivity index (χ3n) is 6.32. The molecule has 1 atom stereocenters. The van der Waals surface area contributed by atoms with E-state index in [1.54, 1.807) is 46.8 Å². The summed E-state index contributed by atoms with van der Waals surface area (Å²) in [5, 5.41) is 0.744. The molecule has 0 aliphatic heterocycles. The molecule has 3 heterocycles. The summed E-state index contributed by atoms with van der Waals surface area (Å²) in [7, 11) is -0.444. The van der Waals surface area contributed by atoms with Gasteiger partial charge in [-0.1, -0.05) is 18.2 Å². The van der Waals surface area contributed by atoms with Gasteiger partial charge in [-0.05, 0) is 48.4 Å². The van der Waals surface area contributed by atoms with Gasteiger partial charge in [-0.3, -0.25) is 18.8 Å². The molecule has 0 saturated carbocycles. The van der Waals surface area contributed by atoms with E-state index < -0.39 is 10.0 Å². The van der Waals surface area contributed by atoms with E-state index in [9.17, 15) is 17.6 Å². The van der Waals surface area contributed by atoms with Crippen LogP contribution in [-0.4, -0.2) is 40.9 Å². The lowest BCUT2D eigenvalue weighted by atomic mass is 10.0. The number of pyridine rings is 2. The Bertz CT molecular complexity index is 1830. The molecule has 0 amide bonds. The van der Waals surface area contributed by atoms with Crippen LogP contribution in [-0.2, 0) is 17.1 Å². The standard InChI is InChI=1S/C26H24FN5O4S/c1-15(16-5-8-19(27)9-6-16)32-23-14-28-21-10-7-17(11-20(21)24(23)31(2)26(32)33)18-12-22(30-37(4,34)35)25(36-3)29-13-18/h5-15,30H,1-4H3. The van der Waals surface area contributed by atoms with E-state index >= 15 is 0 Å². The fraction of sp³-hybridized carbons (Fsp3) is 0.192. The van der Waals surface area contributed by atoms with Crippen LogP contribution in [0, 0.1) is 5.82 Å². The SMILES string of the molecule is COc1ncc(-c2ccc3ncc4c(c3c2)n(C)c(=O)n4C(C)c2ccc(F)cc2)cc1NS(C)(=O)=O. The van der Waals surface area contributed by atoms with Gasteiger partial charge >= 0.3 is 5.69 Å². The van der Waals surface area contributed by atoms with Crippen LogP contribution in [0.15, 0.2) is 65.7 Å². The minimum Gasteiger partial charge on any atom is -0.480 e. The maximum Gasteiger partial charge on any atom is 0.329 e. The summed E-state index contributed by atoms with van der Waals surface area (Å²) >= 11 is 0. The van der Waals surface area contributed by atoms with Crippen LogP contribution in [0.4, 0.5) is 10.1 Å². The molecule has 5 aromatic rings. The summed E-state index contributed by atoms with van der Waals surface area (Å²) in [4.78, 5) is 22.2. The summed E-state index contributed by atoms with van der Waals surface area (Å²) in [6.45, 7) is 1.88. The van der Waals surface area contributed by atoms with Crippen molar-refractivity contribution < 1.29 is 17.5 Å². The first-order valence-corrected chi connectivity index (χ1v) is 13.2. The lowest BCUT2D eigenvalue weighted by Gasteiger charge is -2.14. The number of imidazole rings is 1. The van der Waals surface area contributed by atoms with Crippen LogP contribution in [0.5, 0.6) is 5.88 Å². The molecule has 5 rings (SSSR count). The number of hydrogen-bond acceptors (Lipinski definition) is 6. The van der Waals surface area contributed by atoms with E-state index in [1.807, 2.05) is 25.1 Å². The smallest absolute Gasteiger partial charge is 0.329 e. The van der Waals surface area contributed by atoms with Gasteiger partial charge in [0.05, 0.1) is 42.2 Å². The largest absolute Gasteiger partial charge is 0.480 e. The number of benzene rings is 2. The highest BCUT2D eigenvalue weighted by Gasteiger charge is 2.20. The molecule has 0 radical (unpaired) electrons. The van der Waals surface area contributed by atoms with Gasteiger partial charge in [0.25, 0.3) is 0 Å². The van der Waals surface area contributed by atoms with Crippen molar-refractivity contribution in [2.45, 2.75) is 13.0 Å². The van der Waals surface area contributed by atoms with Crippen molar-refractivity contribution in [1.82, 2.24) is 19.1 Å². The zero-order chi connectivity index (χ0) is 26.5. The second kappa shape index (κ2) is 9.00. The fourth-order valence-corrected chi connectivity index (χ4v) is 5.09. The maximum absolute atomic E-state index is 13.5. The highest BCUT2D eigenvalue weighted by atomic mass is 32.2. The maximum atomic E-state index is 13.5. The predicted molar refractivity (Wildman–Crippen MR) is 141 cm³/mol. The number of aromatic nitrogens is 4. The molecule has 0 fully saturated rings. The van der Waals surface area contributed by atoms with E-state index in [-0.39, 0.29) is 29.1 Å². The first-order valence-electron chi connectivity index (χ1n) is 11.3. The Balaban J connectivity index is 1.69. The highest BCUT2D eigenvalue weighted by Crippen LogP contribution is 2.33. The molecule has 2 aromatic carbocycles. The quantitative estimate of drug-likeness (QED) is 0.361. The van der Waals surface area contributed by atoms with Crippen molar-refractivity contribution in [3.05, 3.63) is 82.8 Å². The van der Waals surface area contributed by atoms with Gasteiger partial charge < -0.3 is 4.74 Å². The van der Waals surface area contributed by atoms with Gasteiger partial charge in [-0.15, -0.1) is 0 Å². The van der Waals surface area contributed by atoms with Gasteiger partial charge in [0.1, 0.15) is 11.5 Å². The molecular weight excluding hydrogens is 497 g/mol. The van der Waals surface area contributed by atoms with Crippen LogP contribution < -0.4 is 15.1 Å². The van der Waals surface area contributed by atoms with Gasteiger partial charge in [-0.25, -0.2) is 22.6 Å². The van der Waals surface area contributed by atoms with E-state index in [1.165, 1.54) is 19.2 Å². The van der Waals surface area contributed by atoms with E-state index in [2.05, 4.69) is 14.7 Å². The van der Waals surface area contributed by atoms with Crippen LogP contribution in [0.25, 0.3) is 33.1 Å². The van der Waals surface area contributed by atoms with Gasteiger partial charge in [0.15, 0.2) is 0 Å². The van der Waals surface area contributed by atoms with Crippen molar-refractivity contribution in [2.24, 2.45) is 7.05 Å². The number of ether oxygens (including phenoxy) is 1. The van der Waals surface area contributed by atoms with Crippen molar-refractivity contribution in [3.8, 4) is 17.0 Å². The molecule has 0 aliphatic rings. The third-order valence-corrected chi connectivity index (χ3v) is 6.91. The van der Waals surface area contributed by atoms with Crippen molar-refractivity contribution in [3.63, 3.8) is 0 Å². The number of methoxy groups -OCH3 is 1. The molecule has 0 bridgehead atoms. The molecule has 37 heavy (non-hydrogen) atoms. The number of anilines is 1. The monoisotopic (exact) mass is 521 g/mol. The molecule has 0 aliphatic carbocycles. The second-order valence-corrected chi connectivity index (χ2v) is 10.6. The third kappa shape index (κ3) is 4.42. The summed E-state index contributed by atoms with van der Waals surface area (Å²) in [5.41, 5.74) is 4.20. The first kappa shape index (κ1) is 24.4. The number of rotatable bonds is 6. The average molecular weight is 522 g/mol. The Kier molecular flexibility index (Phi) is 5.95. The van der Waals surface area contributed by atoms with Crippen LogP contribution in [0.3, 0.4) is 0 Å². The van der Waals surface area contributed by atoms with E-state index in [4.69, 9.17) is 4.74 Å². The van der Waals surface area contributed by atoms with E-state index in [0.29, 0.717) is 22.1 Å². The fourth-order valence-electron chi connectivity index (χ4n) is 4.55. The summed E-state index contributed by atoms with van der Waals surface area (Å²) in [5.74, 6) is -0.197. The number of halogens is 1. The number of hydrogen-bond donors (Lipinski definition) is 1. The molecule has 190 valence electrons. The Morgan fingerprint density at radius 2 is 1.76 bits per heavy atom. The summed E-state index contributed by atoms with van der Waals surface area (Å²) in [6, 6.07) is 12.9. The Morgan fingerprint density at radius 1 is 1.03 bits per heavy atom. The van der Waals surface area contributed by atoms with Gasteiger partial charge in [-0.2, -0.15) is 0 Å². The topological polar surface area (TPSA) is 108 Å². The predicted octanol–water partition coefficient (Wildman–Crippen LogP) is 4.08. The normalized spacial score (nSPS) is 12.7. The van der Waals surface area contributed by atoms with E-state index in [0.717, 1.165) is 22.8 Å². The van der Waals surface area contributed by atoms with Gasteiger partial charge in [0, 0.05) is 24.2 Å². The molecule has 3 aromatic heterocycles. The Hall–Kier alpha value is -4.25. The van der Waals surface area contributed by atoms with Crippen molar-refractivity contribution >= 4 is 37.6 Å². The Morgan fingerprint density at radius 3 is 2.43 bits per heavy atom. The zero-order valence-electron chi connectivity index (χ0n) is 20.6. The minimum absolute atomic E-state index is 0.147. The summed E-state index contributed by atoms with van der Waals surface area (Å²) in [6.07, 6.45) is 4.30. The highest BCUT2D eigenvalue weighted by molar-refractivity contribution is 7.92. The molecule has 11 heteroatoms. The molecule has 1 N–H and O–H groups in total. The molecule has 9 nitrogen and oxygen atoms in total. The second-order valence-electron chi connectivity index (χ2n) is 8.82. The minimum atomic E-state index is -3.55. The summed E-state index contributed by atoms with van der Waals surface area (Å²) < 4.78 is 48.0. The van der Waals surface area contributed by atoms with Crippen LogP contribution in [0.2, 0.25) is 0 Å². The van der Waals surface area contributed by atoms with Crippen molar-refractivity contribution in [1.29, 1.82) is 0 Å². The zero-order valence-corrected chi connectivity index (χ0v) is 21.4. The number of fused-ring (bicyclic) bond motifs is 3. The molecule has 1 unspecified atom stereocenters. The first-order chi connectivity index (χ1) is 17.6.